The maximum absolute atomic E-state index is 13.2. The number of carbonyl (C=O) groups is 1. The summed E-state index contributed by atoms with van der Waals surface area (Å²) in [6, 6.07) is 17.8. The summed E-state index contributed by atoms with van der Waals surface area (Å²) in [7, 11) is 0. The van der Waals surface area contributed by atoms with Crippen LogP contribution in [-0.4, -0.2) is 37.3 Å². The van der Waals surface area contributed by atoms with E-state index in [0.717, 1.165) is 52.7 Å². The van der Waals surface area contributed by atoms with Gasteiger partial charge in [0.1, 0.15) is 18.2 Å². The van der Waals surface area contributed by atoms with Crippen LogP contribution >= 0.6 is 0 Å². The molecule has 0 amide bonds. The SMILES string of the molecule is CCN(CC)c1ccc(/C=C2\Oc3c(ccc4c3CN(Cc3ccc5c(c3)OCO5)CO4)C2=O)cc1. The van der Waals surface area contributed by atoms with Crippen LogP contribution in [0.15, 0.2) is 60.4 Å². The fourth-order valence-electron chi connectivity index (χ4n) is 4.92. The molecule has 3 aromatic carbocycles. The third kappa shape index (κ3) is 4.05. The third-order valence-electron chi connectivity index (χ3n) is 6.84. The Morgan fingerprint density at radius 2 is 1.69 bits per heavy atom. The van der Waals surface area contributed by atoms with Crippen molar-refractivity contribution in [1.29, 1.82) is 0 Å². The molecule has 7 nitrogen and oxygen atoms in total. The van der Waals surface area contributed by atoms with Crippen molar-refractivity contribution < 1.29 is 23.7 Å². The van der Waals surface area contributed by atoms with E-state index in [4.69, 9.17) is 18.9 Å². The molecule has 0 atom stereocenters. The number of rotatable bonds is 6. The van der Waals surface area contributed by atoms with Gasteiger partial charge in [0.15, 0.2) is 17.3 Å². The highest BCUT2D eigenvalue weighted by Crippen LogP contribution is 2.42. The molecule has 3 aliphatic rings. The number of hydrogen-bond acceptors (Lipinski definition) is 7. The quantitative estimate of drug-likeness (QED) is 0.444. The zero-order valence-electron chi connectivity index (χ0n) is 20.5. The zero-order valence-corrected chi connectivity index (χ0v) is 20.5. The number of benzene rings is 3. The number of Topliss-reactive ketones (excluding diaryl/α,β-unsaturated/α-hetero) is 1. The molecule has 3 heterocycles. The maximum Gasteiger partial charge on any atom is 0.231 e. The van der Waals surface area contributed by atoms with Crippen LogP contribution in [0.1, 0.15) is 40.9 Å². The molecule has 6 rings (SSSR count). The van der Waals surface area contributed by atoms with Crippen molar-refractivity contribution in [1.82, 2.24) is 4.90 Å². The average molecular weight is 485 g/mol. The van der Waals surface area contributed by atoms with Gasteiger partial charge in [-0.15, -0.1) is 0 Å². The third-order valence-corrected chi connectivity index (χ3v) is 6.84. The van der Waals surface area contributed by atoms with Gasteiger partial charge in [-0.25, -0.2) is 0 Å². The molecule has 0 spiro atoms. The van der Waals surface area contributed by atoms with E-state index in [1.165, 1.54) is 0 Å². The van der Waals surface area contributed by atoms with Crippen LogP contribution in [0.2, 0.25) is 0 Å². The fraction of sp³-hybridized carbons (Fsp3) is 0.276. The van der Waals surface area contributed by atoms with Crippen molar-refractivity contribution in [2.24, 2.45) is 0 Å². The summed E-state index contributed by atoms with van der Waals surface area (Å²) < 4.78 is 23.1. The van der Waals surface area contributed by atoms with Crippen LogP contribution in [0.5, 0.6) is 23.0 Å². The Labute approximate surface area is 210 Å². The molecular formula is C29H28N2O5. The van der Waals surface area contributed by atoms with Gasteiger partial charge in [-0.1, -0.05) is 18.2 Å². The van der Waals surface area contributed by atoms with Crippen LogP contribution in [0.3, 0.4) is 0 Å². The predicted molar refractivity (Wildman–Crippen MR) is 137 cm³/mol. The van der Waals surface area contributed by atoms with Gasteiger partial charge in [0.05, 0.1) is 11.1 Å². The summed E-state index contributed by atoms with van der Waals surface area (Å²) >= 11 is 0. The Kier molecular flexibility index (Phi) is 5.77. The van der Waals surface area contributed by atoms with Gasteiger partial charge in [0, 0.05) is 31.9 Å². The Morgan fingerprint density at radius 1 is 0.917 bits per heavy atom. The first-order chi connectivity index (χ1) is 17.6. The highest BCUT2D eigenvalue weighted by atomic mass is 16.7. The second-order valence-electron chi connectivity index (χ2n) is 9.07. The van der Waals surface area contributed by atoms with E-state index in [2.05, 4.69) is 35.8 Å². The molecule has 0 aliphatic carbocycles. The standard InChI is InChI=1S/C29H28N2O5/c1-3-31(4-2)21-8-5-19(6-9-21)13-27-28(32)22-10-12-24-23(29(22)36-27)16-30(17-33-24)15-20-7-11-25-26(14-20)35-18-34-25/h5-14H,3-4,15-18H2,1-2H3/b27-13-. The van der Waals surface area contributed by atoms with Crippen molar-refractivity contribution in [3.05, 3.63) is 82.6 Å². The summed E-state index contributed by atoms with van der Waals surface area (Å²) in [5.41, 5.74) is 4.67. The Hall–Kier alpha value is -3.97. The Bertz CT molecular complexity index is 1340. The first-order valence-electron chi connectivity index (χ1n) is 12.3. The van der Waals surface area contributed by atoms with Gasteiger partial charge in [-0.05, 0) is 67.4 Å². The first-order valence-corrected chi connectivity index (χ1v) is 12.3. The van der Waals surface area contributed by atoms with Crippen LogP contribution < -0.4 is 23.8 Å². The van der Waals surface area contributed by atoms with E-state index in [9.17, 15) is 4.79 Å². The molecule has 0 unspecified atom stereocenters. The molecule has 0 aromatic heterocycles. The Balaban J connectivity index is 1.21. The van der Waals surface area contributed by atoms with E-state index in [1.807, 2.05) is 42.5 Å². The first kappa shape index (κ1) is 22.5. The smallest absolute Gasteiger partial charge is 0.231 e. The molecule has 0 radical (unpaired) electrons. The van der Waals surface area contributed by atoms with Crippen LogP contribution in [0.25, 0.3) is 6.08 Å². The Morgan fingerprint density at radius 3 is 2.50 bits per heavy atom. The van der Waals surface area contributed by atoms with Gasteiger partial charge < -0.3 is 23.8 Å². The van der Waals surface area contributed by atoms with Crippen molar-refractivity contribution >= 4 is 17.5 Å². The molecule has 3 aromatic rings. The van der Waals surface area contributed by atoms with Crippen LogP contribution in [0, 0.1) is 0 Å². The number of fused-ring (bicyclic) bond motifs is 4. The predicted octanol–water partition coefficient (Wildman–Crippen LogP) is 5.23. The number of anilines is 1. The fourth-order valence-corrected chi connectivity index (χ4v) is 4.92. The lowest BCUT2D eigenvalue weighted by Gasteiger charge is -2.29. The van der Waals surface area contributed by atoms with Crippen molar-refractivity contribution in [3.8, 4) is 23.0 Å². The summed E-state index contributed by atoms with van der Waals surface area (Å²) in [5.74, 6) is 3.12. The number of nitrogens with zero attached hydrogens (tertiary/aromatic N) is 2. The largest absolute Gasteiger partial charge is 0.478 e. The van der Waals surface area contributed by atoms with Gasteiger partial charge >= 0.3 is 0 Å². The van der Waals surface area contributed by atoms with Gasteiger partial charge in [0.2, 0.25) is 12.6 Å². The molecule has 0 bridgehead atoms. The van der Waals surface area contributed by atoms with Gasteiger partial charge in [-0.3, -0.25) is 9.69 Å². The summed E-state index contributed by atoms with van der Waals surface area (Å²) in [6.07, 6.45) is 1.81. The monoisotopic (exact) mass is 484 g/mol. The number of ketones is 1. The van der Waals surface area contributed by atoms with E-state index in [1.54, 1.807) is 6.07 Å². The highest BCUT2D eigenvalue weighted by molar-refractivity contribution is 6.15. The molecule has 0 fully saturated rings. The van der Waals surface area contributed by atoms with Crippen LogP contribution in [-0.2, 0) is 13.1 Å². The molecule has 36 heavy (non-hydrogen) atoms. The molecule has 0 saturated carbocycles. The highest BCUT2D eigenvalue weighted by Gasteiger charge is 2.33. The summed E-state index contributed by atoms with van der Waals surface area (Å²) in [4.78, 5) is 17.6. The minimum absolute atomic E-state index is 0.103. The minimum atomic E-state index is -0.103. The number of carbonyl (C=O) groups excluding carboxylic acids is 1. The van der Waals surface area contributed by atoms with E-state index in [0.29, 0.717) is 36.9 Å². The van der Waals surface area contributed by atoms with Crippen molar-refractivity contribution in [2.75, 3.05) is 31.5 Å². The zero-order chi connectivity index (χ0) is 24.6. The van der Waals surface area contributed by atoms with Gasteiger partial charge in [0.25, 0.3) is 0 Å². The number of allylic oxidation sites excluding steroid dienone is 1. The second kappa shape index (κ2) is 9.24. The lowest BCUT2D eigenvalue weighted by Crippen LogP contribution is -2.31. The molecule has 184 valence electrons. The normalized spacial score (nSPS) is 16.9. The van der Waals surface area contributed by atoms with Crippen LogP contribution in [0.4, 0.5) is 5.69 Å². The van der Waals surface area contributed by atoms with E-state index < -0.39 is 0 Å². The average Bonchev–Trinajstić information content (AvgIpc) is 3.50. The van der Waals surface area contributed by atoms with Crippen molar-refractivity contribution in [3.63, 3.8) is 0 Å². The maximum atomic E-state index is 13.2. The molecule has 3 aliphatic heterocycles. The number of hydrogen-bond donors (Lipinski definition) is 0. The lowest BCUT2D eigenvalue weighted by atomic mass is 10.0. The number of ether oxygens (including phenoxy) is 4. The molecule has 0 saturated heterocycles. The van der Waals surface area contributed by atoms with E-state index in [-0.39, 0.29) is 12.6 Å². The minimum Gasteiger partial charge on any atom is -0.478 e. The molecule has 0 N–H and O–H groups in total. The summed E-state index contributed by atoms with van der Waals surface area (Å²) in [6.45, 7) is 8.19. The topological polar surface area (TPSA) is 60.5 Å². The van der Waals surface area contributed by atoms with Crippen molar-refractivity contribution in [2.45, 2.75) is 26.9 Å². The molecule has 7 heteroatoms. The molecular weight excluding hydrogens is 456 g/mol. The van der Waals surface area contributed by atoms with Gasteiger partial charge in [-0.2, -0.15) is 0 Å². The second-order valence-corrected chi connectivity index (χ2v) is 9.07. The summed E-state index contributed by atoms with van der Waals surface area (Å²) in [5, 5.41) is 0. The van der Waals surface area contributed by atoms with E-state index >= 15 is 0 Å². The lowest BCUT2D eigenvalue weighted by molar-refractivity contribution is 0.0872.